The highest BCUT2D eigenvalue weighted by molar-refractivity contribution is 7.10. The summed E-state index contributed by atoms with van der Waals surface area (Å²) in [4.78, 5) is 20.4. The van der Waals surface area contributed by atoms with Crippen LogP contribution in [0.3, 0.4) is 0 Å². The van der Waals surface area contributed by atoms with Crippen LogP contribution in [0.4, 0.5) is 0 Å². The molecule has 4 heterocycles. The number of likely N-dealkylation sites (tertiary alicyclic amines) is 1. The van der Waals surface area contributed by atoms with Gasteiger partial charge in [-0.3, -0.25) is 4.79 Å². The molecule has 1 fully saturated rings. The fourth-order valence-electron chi connectivity index (χ4n) is 4.93. The van der Waals surface area contributed by atoms with Crippen LogP contribution < -0.4 is 0 Å². The zero-order valence-electron chi connectivity index (χ0n) is 20.0. The number of hydrogen-bond donors (Lipinski definition) is 0. The maximum absolute atomic E-state index is 13.4. The molecule has 3 aromatic heterocycles. The van der Waals surface area contributed by atoms with Gasteiger partial charge in [-0.05, 0) is 44.0 Å². The van der Waals surface area contributed by atoms with Crippen molar-refractivity contribution in [3.63, 3.8) is 0 Å². The number of piperidine rings is 1. The molecule has 0 bridgehead atoms. The van der Waals surface area contributed by atoms with Crippen molar-refractivity contribution in [2.45, 2.75) is 25.7 Å². The second-order valence-corrected chi connectivity index (χ2v) is 9.96. The Balaban J connectivity index is 1.18. The lowest BCUT2D eigenvalue weighted by molar-refractivity contribution is 0.0713. The third kappa shape index (κ3) is 4.16. The molecule has 0 aliphatic carbocycles. The van der Waals surface area contributed by atoms with Crippen LogP contribution in [0, 0.1) is 6.92 Å². The summed E-state index contributed by atoms with van der Waals surface area (Å²) in [5, 5.41) is 7.53. The molecule has 0 radical (unpaired) electrons. The monoisotopic (exact) mass is 494 g/mol. The molecule has 1 aliphatic rings. The lowest BCUT2D eigenvalue weighted by Gasteiger charge is -2.31. The van der Waals surface area contributed by atoms with Gasteiger partial charge in [0.25, 0.3) is 5.91 Å². The Morgan fingerprint density at radius 2 is 1.69 bits per heavy atom. The molecule has 6 nitrogen and oxygen atoms in total. The summed E-state index contributed by atoms with van der Waals surface area (Å²) < 4.78 is 7.54. The quantitative estimate of drug-likeness (QED) is 0.277. The second-order valence-electron chi connectivity index (χ2n) is 9.07. The molecule has 7 heteroatoms. The summed E-state index contributed by atoms with van der Waals surface area (Å²) in [5.74, 6) is 1.20. The number of aryl methyl sites for hydroxylation is 1. The van der Waals surface area contributed by atoms with E-state index in [4.69, 9.17) is 9.51 Å². The van der Waals surface area contributed by atoms with Gasteiger partial charge in [0.2, 0.25) is 0 Å². The van der Waals surface area contributed by atoms with Crippen LogP contribution in [0.1, 0.15) is 39.9 Å². The molecule has 36 heavy (non-hydrogen) atoms. The van der Waals surface area contributed by atoms with Crippen molar-refractivity contribution in [3.8, 4) is 28.2 Å². The minimum absolute atomic E-state index is 0.0881. The first-order valence-electron chi connectivity index (χ1n) is 12.2. The maximum Gasteiger partial charge on any atom is 0.255 e. The molecule has 180 valence electrons. The summed E-state index contributed by atoms with van der Waals surface area (Å²) in [5.41, 5.74) is 5.36. The molecular formula is C29H26N4O2S. The van der Waals surface area contributed by atoms with E-state index in [0.29, 0.717) is 5.92 Å². The minimum atomic E-state index is 0.0881. The normalized spacial score (nSPS) is 14.3. The topological polar surface area (TPSA) is 64.2 Å². The van der Waals surface area contributed by atoms with Gasteiger partial charge in [-0.15, -0.1) is 11.3 Å². The predicted octanol–water partition coefficient (Wildman–Crippen LogP) is 6.58. The molecule has 1 saturated heterocycles. The number of hydrogen-bond acceptors (Lipinski definition) is 5. The van der Waals surface area contributed by atoms with Crippen LogP contribution in [0.15, 0.2) is 89.0 Å². The van der Waals surface area contributed by atoms with Crippen LogP contribution in [0.25, 0.3) is 28.2 Å². The van der Waals surface area contributed by atoms with Gasteiger partial charge < -0.3 is 14.0 Å². The van der Waals surface area contributed by atoms with E-state index >= 15 is 0 Å². The summed E-state index contributed by atoms with van der Waals surface area (Å²) in [7, 11) is 0. The smallest absolute Gasteiger partial charge is 0.255 e. The van der Waals surface area contributed by atoms with Crippen molar-refractivity contribution in [1.82, 2.24) is 19.6 Å². The van der Waals surface area contributed by atoms with E-state index in [1.807, 2.05) is 95.5 Å². The van der Waals surface area contributed by atoms with Gasteiger partial charge >= 0.3 is 0 Å². The van der Waals surface area contributed by atoms with Crippen molar-refractivity contribution < 1.29 is 9.32 Å². The van der Waals surface area contributed by atoms with Crippen LogP contribution in [-0.4, -0.2) is 38.6 Å². The average Bonchev–Trinajstić information content (AvgIpc) is 3.70. The molecule has 2 aromatic carbocycles. The fraction of sp³-hybridized carbons (Fsp3) is 0.207. The summed E-state index contributed by atoms with van der Waals surface area (Å²) in [6.07, 6.45) is 5.74. The number of amides is 1. The number of thiazole rings is 1. The van der Waals surface area contributed by atoms with Crippen LogP contribution in [0.5, 0.6) is 0 Å². The number of aromatic nitrogens is 3. The Hall–Kier alpha value is -3.97. The SMILES string of the molecule is Cc1onc(-c2ccccc2)c1-c1csc(C2CCN(C(=O)c3ccccc3-n3cccc3)CC2)n1. The molecule has 0 N–H and O–H groups in total. The highest BCUT2D eigenvalue weighted by atomic mass is 32.1. The Kier molecular flexibility index (Phi) is 5.99. The largest absolute Gasteiger partial charge is 0.360 e. The highest BCUT2D eigenvalue weighted by Crippen LogP contribution is 2.38. The van der Waals surface area contributed by atoms with Gasteiger partial charge in [0.05, 0.1) is 27.5 Å². The molecule has 1 aliphatic heterocycles. The zero-order chi connectivity index (χ0) is 24.5. The molecule has 0 unspecified atom stereocenters. The van der Waals surface area contributed by atoms with Gasteiger partial charge in [0.15, 0.2) is 0 Å². The highest BCUT2D eigenvalue weighted by Gasteiger charge is 2.28. The lowest BCUT2D eigenvalue weighted by Crippen LogP contribution is -2.38. The van der Waals surface area contributed by atoms with E-state index in [1.54, 1.807) is 11.3 Å². The van der Waals surface area contributed by atoms with Crippen molar-refractivity contribution in [2.24, 2.45) is 0 Å². The minimum Gasteiger partial charge on any atom is -0.360 e. The number of para-hydroxylation sites is 1. The van der Waals surface area contributed by atoms with Gasteiger partial charge in [-0.25, -0.2) is 4.98 Å². The van der Waals surface area contributed by atoms with E-state index in [-0.39, 0.29) is 5.91 Å². The molecule has 0 atom stereocenters. The standard InChI is InChI=1S/C29H26N4O2S/c1-20-26(27(31-35-20)21-9-3-2-4-10-21)24-19-36-28(30-24)22-13-17-33(18-14-22)29(34)23-11-5-6-12-25(23)32-15-7-8-16-32/h2-12,15-16,19,22H,13-14,17-18H2,1H3. The van der Waals surface area contributed by atoms with E-state index in [0.717, 1.165) is 70.5 Å². The van der Waals surface area contributed by atoms with E-state index in [9.17, 15) is 4.79 Å². The molecule has 5 aromatic rings. The number of rotatable bonds is 5. The zero-order valence-corrected chi connectivity index (χ0v) is 20.8. The van der Waals surface area contributed by atoms with E-state index < -0.39 is 0 Å². The summed E-state index contributed by atoms with van der Waals surface area (Å²) >= 11 is 1.69. The Morgan fingerprint density at radius 1 is 0.972 bits per heavy atom. The number of benzene rings is 2. The maximum atomic E-state index is 13.4. The van der Waals surface area contributed by atoms with Gasteiger partial charge in [-0.1, -0.05) is 47.6 Å². The molecule has 0 spiro atoms. The van der Waals surface area contributed by atoms with Gasteiger partial charge in [-0.2, -0.15) is 0 Å². The van der Waals surface area contributed by atoms with Crippen LogP contribution >= 0.6 is 11.3 Å². The third-order valence-electron chi connectivity index (χ3n) is 6.84. The van der Waals surface area contributed by atoms with E-state index in [2.05, 4.69) is 10.5 Å². The number of nitrogens with zero attached hydrogens (tertiary/aromatic N) is 4. The van der Waals surface area contributed by atoms with Crippen molar-refractivity contribution in [2.75, 3.05) is 13.1 Å². The fourth-order valence-corrected chi connectivity index (χ4v) is 5.91. The first kappa shape index (κ1) is 22.5. The summed E-state index contributed by atoms with van der Waals surface area (Å²) in [6.45, 7) is 3.38. The molecular weight excluding hydrogens is 468 g/mol. The van der Waals surface area contributed by atoms with Crippen LogP contribution in [0.2, 0.25) is 0 Å². The van der Waals surface area contributed by atoms with Gasteiger partial charge in [0.1, 0.15) is 11.5 Å². The first-order valence-corrected chi connectivity index (χ1v) is 13.1. The third-order valence-corrected chi connectivity index (χ3v) is 7.84. The Labute approximate surface area is 213 Å². The van der Waals surface area contributed by atoms with E-state index in [1.165, 1.54) is 0 Å². The van der Waals surface area contributed by atoms with Crippen molar-refractivity contribution in [3.05, 3.63) is 101 Å². The Morgan fingerprint density at radius 3 is 2.47 bits per heavy atom. The van der Waals surface area contributed by atoms with Crippen molar-refractivity contribution >= 4 is 17.2 Å². The van der Waals surface area contributed by atoms with Crippen LogP contribution in [-0.2, 0) is 0 Å². The lowest BCUT2D eigenvalue weighted by atomic mass is 9.96. The first-order chi connectivity index (χ1) is 17.7. The Bertz CT molecular complexity index is 1480. The molecule has 1 amide bonds. The molecule has 0 saturated carbocycles. The average molecular weight is 495 g/mol. The van der Waals surface area contributed by atoms with Gasteiger partial charge in [0, 0.05) is 42.3 Å². The second kappa shape index (κ2) is 9.59. The number of carbonyl (C=O) groups is 1. The molecule has 6 rings (SSSR count). The predicted molar refractivity (Wildman–Crippen MR) is 141 cm³/mol. The number of carbonyl (C=O) groups excluding carboxylic acids is 1. The summed E-state index contributed by atoms with van der Waals surface area (Å²) in [6, 6.07) is 21.8. The van der Waals surface area contributed by atoms with Crippen molar-refractivity contribution in [1.29, 1.82) is 0 Å².